The van der Waals surface area contributed by atoms with Gasteiger partial charge in [0.25, 0.3) is 0 Å². The van der Waals surface area contributed by atoms with E-state index < -0.39 is 0 Å². The van der Waals surface area contributed by atoms with Crippen molar-refractivity contribution in [2.24, 2.45) is 0 Å². The third-order valence-corrected chi connectivity index (χ3v) is 4.32. The minimum Gasteiger partial charge on any atom is -0.486 e. The average molecular weight is 279 g/mol. The highest BCUT2D eigenvalue weighted by Gasteiger charge is 2.21. The summed E-state index contributed by atoms with van der Waals surface area (Å²) >= 11 is 1.40. The van der Waals surface area contributed by atoms with Gasteiger partial charge in [-0.25, -0.2) is 0 Å². The van der Waals surface area contributed by atoms with Gasteiger partial charge in [-0.3, -0.25) is 0 Å². The van der Waals surface area contributed by atoms with Crippen molar-refractivity contribution in [3.05, 3.63) is 4.88 Å². The van der Waals surface area contributed by atoms with Crippen LogP contribution in [0.2, 0.25) is 0 Å². The second-order valence-electron chi connectivity index (χ2n) is 5.26. The molecular weight excluding hydrogens is 258 g/mol. The number of hydrogen-bond acceptors (Lipinski definition) is 5. The second kappa shape index (κ2) is 6.16. The van der Waals surface area contributed by atoms with Crippen LogP contribution in [0.5, 0.6) is 5.75 Å². The monoisotopic (exact) mass is 279 g/mol. The highest BCUT2D eigenvalue weighted by Crippen LogP contribution is 2.43. The summed E-state index contributed by atoms with van der Waals surface area (Å²) in [5.41, 5.74) is 6.46. The predicted molar refractivity (Wildman–Crippen MR) is 79.7 cm³/mol. The molecule has 0 atom stereocenters. The summed E-state index contributed by atoms with van der Waals surface area (Å²) in [7, 11) is 0. The van der Waals surface area contributed by atoms with E-state index in [-0.39, 0.29) is 6.10 Å². The van der Waals surface area contributed by atoms with Gasteiger partial charge in [0.1, 0.15) is 21.6 Å². The molecule has 0 spiro atoms. The van der Waals surface area contributed by atoms with Crippen molar-refractivity contribution in [1.29, 1.82) is 5.26 Å². The van der Waals surface area contributed by atoms with Crippen LogP contribution in [0.4, 0.5) is 10.7 Å². The molecule has 1 aliphatic carbocycles. The van der Waals surface area contributed by atoms with Crippen LogP contribution in [-0.4, -0.2) is 12.1 Å². The van der Waals surface area contributed by atoms with Gasteiger partial charge < -0.3 is 15.8 Å². The molecule has 19 heavy (non-hydrogen) atoms. The fraction of sp³-hybridized carbons (Fsp3) is 0.643. The molecule has 0 aromatic carbocycles. The van der Waals surface area contributed by atoms with E-state index in [2.05, 4.69) is 11.4 Å². The van der Waals surface area contributed by atoms with Crippen molar-refractivity contribution < 1.29 is 4.74 Å². The van der Waals surface area contributed by atoms with Gasteiger partial charge in [0.05, 0.1) is 6.10 Å². The molecule has 1 aromatic heterocycles. The SMILES string of the molecule is CC(C)Oc1c(NC2CCCCC2)sc(C#N)c1N. The van der Waals surface area contributed by atoms with E-state index in [1.165, 1.54) is 43.4 Å². The normalized spacial score (nSPS) is 16.3. The Bertz CT molecular complexity index is 470. The summed E-state index contributed by atoms with van der Waals surface area (Å²) in [6, 6.07) is 2.62. The lowest BCUT2D eigenvalue weighted by Gasteiger charge is -2.24. The fourth-order valence-corrected chi connectivity index (χ4v) is 3.32. The zero-order valence-corrected chi connectivity index (χ0v) is 12.3. The Morgan fingerprint density at radius 3 is 2.63 bits per heavy atom. The Morgan fingerprint density at radius 1 is 1.37 bits per heavy atom. The highest BCUT2D eigenvalue weighted by molar-refractivity contribution is 7.17. The van der Waals surface area contributed by atoms with Crippen LogP contribution in [0, 0.1) is 11.3 Å². The van der Waals surface area contributed by atoms with E-state index in [1.54, 1.807) is 0 Å². The summed E-state index contributed by atoms with van der Waals surface area (Å²) in [6.07, 6.45) is 6.27. The predicted octanol–water partition coefficient (Wildman–Crippen LogP) is 3.73. The number of thiophene rings is 1. The molecule has 0 unspecified atom stereocenters. The third-order valence-electron chi connectivity index (χ3n) is 3.30. The first-order valence-corrected chi connectivity index (χ1v) is 7.69. The number of hydrogen-bond donors (Lipinski definition) is 2. The van der Waals surface area contributed by atoms with Crippen molar-refractivity contribution in [1.82, 2.24) is 0 Å². The van der Waals surface area contributed by atoms with E-state index in [4.69, 9.17) is 15.7 Å². The molecular formula is C14H21N3OS. The number of rotatable bonds is 4. The van der Waals surface area contributed by atoms with Crippen molar-refractivity contribution in [2.45, 2.75) is 58.1 Å². The number of anilines is 2. The summed E-state index contributed by atoms with van der Waals surface area (Å²) in [6.45, 7) is 3.93. The number of nitrogens with two attached hydrogens (primary N) is 1. The van der Waals surface area contributed by atoms with E-state index in [1.807, 2.05) is 13.8 Å². The molecule has 1 aliphatic rings. The lowest BCUT2D eigenvalue weighted by atomic mass is 9.96. The van der Waals surface area contributed by atoms with Crippen molar-refractivity contribution in [3.63, 3.8) is 0 Å². The Hall–Kier alpha value is -1.41. The van der Waals surface area contributed by atoms with Gasteiger partial charge in [-0.2, -0.15) is 5.26 Å². The number of ether oxygens (including phenoxy) is 1. The molecule has 104 valence electrons. The van der Waals surface area contributed by atoms with Crippen LogP contribution in [0.3, 0.4) is 0 Å². The maximum atomic E-state index is 9.09. The molecule has 1 heterocycles. The van der Waals surface area contributed by atoms with Gasteiger partial charge in [0.15, 0.2) is 5.75 Å². The number of nitrogens with one attached hydrogen (secondary N) is 1. The lowest BCUT2D eigenvalue weighted by Crippen LogP contribution is -2.22. The average Bonchev–Trinajstić information content (AvgIpc) is 2.68. The number of nitrogens with zero attached hydrogens (tertiary/aromatic N) is 1. The first-order chi connectivity index (χ1) is 9.11. The molecule has 0 aliphatic heterocycles. The Morgan fingerprint density at radius 2 is 2.05 bits per heavy atom. The largest absolute Gasteiger partial charge is 0.486 e. The second-order valence-corrected chi connectivity index (χ2v) is 6.28. The first kappa shape index (κ1) is 14.0. The summed E-state index contributed by atoms with van der Waals surface area (Å²) in [5.74, 6) is 0.655. The standard InChI is InChI=1S/C14H21N3OS/c1-9(2)18-13-12(16)11(8-15)19-14(13)17-10-6-4-3-5-7-10/h9-10,17H,3-7,16H2,1-2H3. The Balaban J connectivity index is 2.20. The van der Waals surface area contributed by atoms with Crippen LogP contribution in [0.1, 0.15) is 50.8 Å². The molecule has 3 N–H and O–H groups in total. The molecule has 1 fully saturated rings. The minimum absolute atomic E-state index is 0.0512. The summed E-state index contributed by atoms with van der Waals surface area (Å²) in [5, 5.41) is 13.5. The van der Waals surface area contributed by atoms with Gasteiger partial charge in [-0.1, -0.05) is 19.3 Å². The van der Waals surface area contributed by atoms with Crippen LogP contribution in [-0.2, 0) is 0 Å². The van der Waals surface area contributed by atoms with Gasteiger partial charge in [-0.05, 0) is 26.7 Å². The van der Waals surface area contributed by atoms with Crippen LogP contribution < -0.4 is 15.8 Å². The van der Waals surface area contributed by atoms with Crippen LogP contribution >= 0.6 is 11.3 Å². The van der Waals surface area contributed by atoms with Gasteiger partial charge >= 0.3 is 0 Å². The smallest absolute Gasteiger partial charge is 0.178 e. The maximum absolute atomic E-state index is 9.09. The third kappa shape index (κ3) is 3.32. The molecule has 1 saturated carbocycles. The zero-order chi connectivity index (χ0) is 13.8. The zero-order valence-electron chi connectivity index (χ0n) is 11.5. The molecule has 2 rings (SSSR count). The summed E-state index contributed by atoms with van der Waals surface area (Å²) < 4.78 is 5.77. The molecule has 1 aromatic rings. The van der Waals surface area contributed by atoms with Crippen molar-refractivity contribution in [2.75, 3.05) is 11.1 Å². The van der Waals surface area contributed by atoms with Crippen LogP contribution in [0.25, 0.3) is 0 Å². The molecule has 0 radical (unpaired) electrons. The molecule has 0 bridgehead atoms. The van der Waals surface area contributed by atoms with Crippen LogP contribution in [0.15, 0.2) is 0 Å². The van der Waals surface area contributed by atoms with E-state index in [0.29, 0.717) is 22.4 Å². The number of nitrogen functional groups attached to an aromatic ring is 1. The molecule has 0 amide bonds. The maximum Gasteiger partial charge on any atom is 0.178 e. The highest BCUT2D eigenvalue weighted by atomic mass is 32.1. The Labute approximate surface area is 118 Å². The molecule has 4 nitrogen and oxygen atoms in total. The van der Waals surface area contributed by atoms with Gasteiger partial charge in [0.2, 0.25) is 0 Å². The Kier molecular flexibility index (Phi) is 4.54. The first-order valence-electron chi connectivity index (χ1n) is 6.87. The van der Waals surface area contributed by atoms with Crippen molar-refractivity contribution in [3.8, 4) is 11.8 Å². The van der Waals surface area contributed by atoms with E-state index in [9.17, 15) is 0 Å². The number of nitriles is 1. The van der Waals surface area contributed by atoms with E-state index in [0.717, 1.165) is 5.00 Å². The fourth-order valence-electron chi connectivity index (χ4n) is 2.39. The quantitative estimate of drug-likeness (QED) is 0.881. The van der Waals surface area contributed by atoms with E-state index >= 15 is 0 Å². The molecule has 5 heteroatoms. The molecule has 0 saturated heterocycles. The van der Waals surface area contributed by atoms with Gasteiger partial charge in [-0.15, -0.1) is 11.3 Å². The summed E-state index contributed by atoms with van der Waals surface area (Å²) in [4.78, 5) is 0.536. The van der Waals surface area contributed by atoms with Gasteiger partial charge in [0, 0.05) is 6.04 Å². The van der Waals surface area contributed by atoms with Crippen molar-refractivity contribution >= 4 is 22.0 Å². The minimum atomic E-state index is 0.0512. The lowest BCUT2D eigenvalue weighted by molar-refractivity contribution is 0.245. The topological polar surface area (TPSA) is 71.1 Å².